The van der Waals surface area contributed by atoms with Gasteiger partial charge in [0, 0.05) is 6.54 Å². The number of aliphatic hydroxyl groups excluding tert-OH is 1. The van der Waals surface area contributed by atoms with Crippen LogP contribution in [0.1, 0.15) is 44.2 Å². The molecule has 0 aliphatic carbocycles. The number of hydrogen-bond acceptors (Lipinski definition) is 3. The molecule has 0 aromatic heterocycles. The summed E-state index contributed by atoms with van der Waals surface area (Å²) < 4.78 is 0. The first-order valence-electron chi connectivity index (χ1n) is 7.89. The predicted octanol–water partition coefficient (Wildman–Crippen LogP) is 2.01. The predicted molar refractivity (Wildman–Crippen MR) is 83.9 cm³/mol. The maximum Gasteiger partial charge on any atom is 0.228 e. The van der Waals surface area contributed by atoms with E-state index >= 15 is 0 Å². The average molecular weight is 290 g/mol. The summed E-state index contributed by atoms with van der Waals surface area (Å²) >= 11 is 0. The van der Waals surface area contributed by atoms with Crippen LogP contribution in [0, 0.1) is 5.41 Å². The van der Waals surface area contributed by atoms with Crippen molar-refractivity contribution in [2.75, 3.05) is 19.7 Å². The Kier molecular flexibility index (Phi) is 5.76. The molecule has 0 spiro atoms. The summed E-state index contributed by atoms with van der Waals surface area (Å²) in [6, 6.07) is 9.33. The zero-order valence-corrected chi connectivity index (χ0v) is 12.8. The van der Waals surface area contributed by atoms with E-state index in [1.54, 1.807) is 0 Å². The zero-order valence-electron chi connectivity index (χ0n) is 12.8. The topological polar surface area (TPSA) is 61.4 Å². The number of carbonyl (C=O) groups is 1. The van der Waals surface area contributed by atoms with Gasteiger partial charge in [-0.3, -0.25) is 4.79 Å². The lowest BCUT2D eigenvalue weighted by atomic mass is 9.76. The number of benzene rings is 1. The van der Waals surface area contributed by atoms with E-state index in [0.717, 1.165) is 44.3 Å². The SMILES string of the molecule is CCCC1(C(=O)NC(CO)c2ccccc2)CCCNC1. The third-order valence-corrected chi connectivity index (χ3v) is 4.37. The van der Waals surface area contributed by atoms with Crippen molar-refractivity contribution in [2.24, 2.45) is 5.41 Å². The highest BCUT2D eigenvalue weighted by atomic mass is 16.3. The number of amides is 1. The van der Waals surface area contributed by atoms with Crippen LogP contribution in [0.3, 0.4) is 0 Å². The number of hydrogen-bond donors (Lipinski definition) is 3. The Morgan fingerprint density at radius 3 is 2.76 bits per heavy atom. The van der Waals surface area contributed by atoms with E-state index in [4.69, 9.17) is 0 Å². The molecule has 2 atom stereocenters. The van der Waals surface area contributed by atoms with Gasteiger partial charge >= 0.3 is 0 Å². The third kappa shape index (κ3) is 3.83. The minimum absolute atomic E-state index is 0.0689. The third-order valence-electron chi connectivity index (χ3n) is 4.37. The Bertz CT molecular complexity index is 436. The van der Waals surface area contributed by atoms with Gasteiger partial charge in [-0.2, -0.15) is 0 Å². The molecule has 1 aromatic rings. The summed E-state index contributed by atoms with van der Waals surface area (Å²) in [6.07, 6.45) is 3.83. The molecule has 1 aliphatic heterocycles. The molecule has 4 heteroatoms. The Morgan fingerprint density at radius 2 is 2.19 bits per heavy atom. The fraction of sp³-hybridized carbons (Fsp3) is 0.588. The zero-order chi connectivity index (χ0) is 15.1. The smallest absolute Gasteiger partial charge is 0.228 e. The highest BCUT2D eigenvalue weighted by Gasteiger charge is 2.39. The summed E-state index contributed by atoms with van der Waals surface area (Å²) in [7, 11) is 0. The summed E-state index contributed by atoms with van der Waals surface area (Å²) in [4.78, 5) is 12.8. The van der Waals surface area contributed by atoms with Crippen molar-refractivity contribution in [3.63, 3.8) is 0 Å². The standard InChI is InChI=1S/C17H26N2O2/c1-2-9-17(10-6-11-18-13-17)16(21)19-15(12-20)14-7-4-3-5-8-14/h3-5,7-8,15,18,20H,2,6,9-13H2,1H3,(H,19,21). The first-order chi connectivity index (χ1) is 10.2. The van der Waals surface area contributed by atoms with Gasteiger partial charge in [0.1, 0.15) is 0 Å². The van der Waals surface area contributed by atoms with Gasteiger partial charge in [0.15, 0.2) is 0 Å². The van der Waals surface area contributed by atoms with Crippen LogP contribution in [-0.4, -0.2) is 30.7 Å². The normalized spacial score (nSPS) is 23.5. The molecule has 4 nitrogen and oxygen atoms in total. The fourth-order valence-electron chi connectivity index (χ4n) is 3.20. The molecule has 2 rings (SSSR count). The molecular formula is C17H26N2O2. The number of aliphatic hydroxyl groups is 1. The molecule has 3 N–H and O–H groups in total. The molecule has 116 valence electrons. The maximum atomic E-state index is 12.8. The molecule has 1 aromatic carbocycles. The van der Waals surface area contributed by atoms with Gasteiger partial charge in [0.05, 0.1) is 18.1 Å². The van der Waals surface area contributed by atoms with Crippen LogP contribution in [-0.2, 0) is 4.79 Å². The molecule has 2 unspecified atom stereocenters. The van der Waals surface area contributed by atoms with E-state index in [-0.39, 0.29) is 24.0 Å². The van der Waals surface area contributed by atoms with Crippen molar-refractivity contribution >= 4 is 5.91 Å². The van der Waals surface area contributed by atoms with Crippen LogP contribution in [0.4, 0.5) is 0 Å². The summed E-state index contributed by atoms with van der Waals surface area (Å²) in [5, 5.41) is 16.0. The highest BCUT2D eigenvalue weighted by molar-refractivity contribution is 5.83. The van der Waals surface area contributed by atoms with Crippen LogP contribution in [0.5, 0.6) is 0 Å². The Morgan fingerprint density at radius 1 is 1.43 bits per heavy atom. The molecule has 1 heterocycles. The monoisotopic (exact) mass is 290 g/mol. The van der Waals surface area contributed by atoms with Gasteiger partial charge in [-0.25, -0.2) is 0 Å². The molecule has 0 radical (unpaired) electrons. The minimum Gasteiger partial charge on any atom is -0.394 e. The van der Waals surface area contributed by atoms with Crippen molar-refractivity contribution in [2.45, 2.75) is 38.6 Å². The van der Waals surface area contributed by atoms with Gasteiger partial charge in [-0.05, 0) is 31.4 Å². The molecule has 1 amide bonds. The second-order valence-corrected chi connectivity index (χ2v) is 5.93. The van der Waals surface area contributed by atoms with Gasteiger partial charge < -0.3 is 15.7 Å². The molecule has 21 heavy (non-hydrogen) atoms. The highest BCUT2D eigenvalue weighted by Crippen LogP contribution is 2.32. The number of rotatable bonds is 6. The Hall–Kier alpha value is -1.39. The van der Waals surface area contributed by atoms with Gasteiger partial charge in [-0.1, -0.05) is 43.7 Å². The van der Waals surface area contributed by atoms with Crippen molar-refractivity contribution in [3.8, 4) is 0 Å². The van der Waals surface area contributed by atoms with Crippen molar-refractivity contribution in [1.29, 1.82) is 0 Å². The van der Waals surface area contributed by atoms with Crippen LogP contribution in [0.25, 0.3) is 0 Å². The number of piperidine rings is 1. The van der Waals surface area contributed by atoms with E-state index < -0.39 is 0 Å². The molecule has 1 saturated heterocycles. The van der Waals surface area contributed by atoms with Gasteiger partial charge in [0.25, 0.3) is 0 Å². The van der Waals surface area contributed by atoms with E-state index in [1.807, 2.05) is 30.3 Å². The first kappa shape index (κ1) is 16.0. The Balaban J connectivity index is 2.10. The number of nitrogens with one attached hydrogen (secondary N) is 2. The van der Waals surface area contributed by atoms with Crippen LogP contribution in [0.15, 0.2) is 30.3 Å². The maximum absolute atomic E-state index is 12.8. The average Bonchev–Trinajstić information content (AvgIpc) is 2.54. The first-order valence-corrected chi connectivity index (χ1v) is 7.89. The van der Waals surface area contributed by atoms with E-state index in [2.05, 4.69) is 17.6 Å². The van der Waals surface area contributed by atoms with E-state index in [9.17, 15) is 9.90 Å². The second-order valence-electron chi connectivity index (χ2n) is 5.93. The molecular weight excluding hydrogens is 264 g/mol. The van der Waals surface area contributed by atoms with Gasteiger partial charge in [-0.15, -0.1) is 0 Å². The van der Waals surface area contributed by atoms with E-state index in [0.29, 0.717) is 0 Å². The largest absolute Gasteiger partial charge is 0.394 e. The van der Waals surface area contributed by atoms with Crippen LogP contribution >= 0.6 is 0 Å². The van der Waals surface area contributed by atoms with Crippen LogP contribution in [0.2, 0.25) is 0 Å². The lowest BCUT2D eigenvalue weighted by molar-refractivity contribution is -0.133. The lowest BCUT2D eigenvalue weighted by Crippen LogP contribution is -2.51. The molecule has 1 aliphatic rings. The number of carbonyl (C=O) groups excluding carboxylic acids is 1. The van der Waals surface area contributed by atoms with Crippen molar-refractivity contribution in [3.05, 3.63) is 35.9 Å². The van der Waals surface area contributed by atoms with Gasteiger partial charge in [0.2, 0.25) is 5.91 Å². The lowest BCUT2D eigenvalue weighted by Gasteiger charge is -2.37. The van der Waals surface area contributed by atoms with Crippen molar-refractivity contribution < 1.29 is 9.90 Å². The van der Waals surface area contributed by atoms with Crippen molar-refractivity contribution in [1.82, 2.24) is 10.6 Å². The van der Waals surface area contributed by atoms with Crippen LogP contribution < -0.4 is 10.6 Å². The minimum atomic E-state index is -0.325. The molecule has 0 bridgehead atoms. The second kappa shape index (κ2) is 7.57. The quantitative estimate of drug-likeness (QED) is 0.751. The summed E-state index contributed by atoms with van der Waals surface area (Å²) in [6.45, 7) is 3.76. The summed E-state index contributed by atoms with van der Waals surface area (Å²) in [5.74, 6) is 0.0689. The molecule has 1 fully saturated rings. The van der Waals surface area contributed by atoms with E-state index in [1.165, 1.54) is 0 Å². The molecule has 0 saturated carbocycles. The summed E-state index contributed by atoms with van der Waals surface area (Å²) in [5.41, 5.74) is 0.624. The Labute approximate surface area is 126 Å². The fourth-order valence-corrected chi connectivity index (χ4v) is 3.20.